The highest BCUT2D eigenvalue weighted by molar-refractivity contribution is 9.10. The van der Waals surface area contributed by atoms with E-state index in [2.05, 4.69) is 22.0 Å². The topological polar surface area (TPSA) is 44.1 Å². The van der Waals surface area contributed by atoms with Crippen LogP contribution in [0.1, 0.15) is 23.1 Å². The summed E-state index contributed by atoms with van der Waals surface area (Å²) in [5.41, 5.74) is 2.08. The highest BCUT2D eigenvalue weighted by Crippen LogP contribution is 2.17. The summed E-state index contributed by atoms with van der Waals surface area (Å²) >= 11 is 3.30. The van der Waals surface area contributed by atoms with Gasteiger partial charge in [0.05, 0.1) is 11.6 Å². The molecule has 0 atom stereocenters. The molecule has 2 rings (SSSR count). The van der Waals surface area contributed by atoms with E-state index < -0.39 is 0 Å². The normalized spacial score (nSPS) is 10.2. The summed E-state index contributed by atoms with van der Waals surface area (Å²) in [6, 6.07) is 13.9. The van der Waals surface area contributed by atoms with E-state index in [0.717, 1.165) is 10.0 Å². The highest BCUT2D eigenvalue weighted by Gasteiger charge is 2.12. The molecule has 3 nitrogen and oxygen atoms in total. The van der Waals surface area contributed by atoms with Crippen molar-refractivity contribution < 1.29 is 9.18 Å². The Labute approximate surface area is 143 Å². The van der Waals surface area contributed by atoms with Crippen LogP contribution in [0.25, 0.3) is 0 Å². The van der Waals surface area contributed by atoms with Crippen molar-refractivity contribution in [1.29, 1.82) is 5.26 Å². The first-order chi connectivity index (χ1) is 11.0. The maximum Gasteiger partial charge on any atom is 0.222 e. The standard InChI is InChI=1S/C18H16BrFN2O/c1-22(12-15-10-16(19)7-8-17(15)20)18(23)9-6-13-2-4-14(11-21)5-3-13/h2-5,7-8,10H,6,9,12H2,1H3. The van der Waals surface area contributed by atoms with Crippen molar-refractivity contribution in [3.8, 4) is 6.07 Å². The zero-order valence-electron chi connectivity index (χ0n) is 12.7. The fourth-order valence-electron chi connectivity index (χ4n) is 2.20. The molecule has 0 unspecified atom stereocenters. The fraction of sp³-hybridized carbons (Fsp3) is 0.222. The van der Waals surface area contributed by atoms with E-state index in [1.165, 1.54) is 11.0 Å². The van der Waals surface area contributed by atoms with E-state index in [1.54, 1.807) is 31.3 Å². The number of benzene rings is 2. The van der Waals surface area contributed by atoms with Crippen molar-refractivity contribution in [2.45, 2.75) is 19.4 Å². The Bertz CT molecular complexity index is 738. The van der Waals surface area contributed by atoms with Gasteiger partial charge in [-0.25, -0.2) is 4.39 Å². The summed E-state index contributed by atoms with van der Waals surface area (Å²) in [7, 11) is 1.67. The van der Waals surface area contributed by atoms with Crippen molar-refractivity contribution in [2.75, 3.05) is 7.05 Å². The van der Waals surface area contributed by atoms with Gasteiger partial charge in [0.15, 0.2) is 0 Å². The maximum absolute atomic E-state index is 13.7. The number of amides is 1. The third-order valence-corrected chi connectivity index (χ3v) is 4.04. The molecule has 23 heavy (non-hydrogen) atoms. The van der Waals surface area contributed by atoms with Crippen LogP contribution in [0, 0.1) is 17.1 Å². The van der Waals surface area contributed by atoms with Crippen molar-refractivity contribution >= 4 is 21.8 Å². The molecule has 0 heterocycles. The number of rotatable bonds is 5. The molecule has 118 valence electrons. The quantitative estimate of drug-likeness (QED) is 0.792. The van der Waals surface area contributed by atoms with Gasteiger partial charge in [0.2, 0.25) is 5.91 Å². The first-order valence-electron chi connectivity index (χ1n) is 7.16. The summed E-state index contributed by atoms with van der Waals surface area (Å²) in [4.78, 5) is 13.7. The molecule has 0 bridgehead atoms. The first-order valence-corrected chi connectivity index (χ1v) is 7.96. The Hall–Kier alpha value is -2.19. The van der Waals surface area contributed by atoms with E-state index in [1.807, 2.05) is 12.1 Å². The number of hydrogen-bond acceptors (Lipinski definition) is 2. The van der Waals surface area contributed by atoms with Crippen LogP contribution in [0.5, 0.6) is 0 Å². The van der Waals surface area contributed by atoms with Gasteiger partial charge in [0.1, 0.15) is 5.82 Å². The molecule has 5 heteroatoms. The molecule has 0 saturated heterocycles. The second-order valence-electron chi connectivity index (χ2n) is 5.29. The number of carbonyl (C=O) groups is 1. The molecule has 0 N–H and O–H groups in total. The smallest absolute Gasteiger partial charge is 0.222 e. The lowest BCUT2D eigenvalue weighted by Gasteiger charge is -2.18. The second-order valence-corrected chi connectivity index (χ2v) is 6.21. The zero-order valence-corrected chi connectivity index (χ0v) is 14.3. The number of hydrogen-bond donors (Lipinski definition) is 0. The molecule has 0 fully saturated rings. The minimum absolute atomic E-state index is 0.0475. The van der Waals surface area contributed by atoms with E-state index in [9.17, 15) is 9.18 Å². The SMILES string of the molecule is CN(Cc1cc(Br)ccc1F)C(=O)CCc1ccc(C#N)cc1. The van der Waals surface area contributed by atoms with Crippen molar-refractivity contribution in [1.82, 2.24) is 4.90 Å². The van der Waals surface area contributed by atoms with Crippen LogP contribution < -0.4 is 0 Å². The summed E-state index contributed by atoms with van der Waals surface area (Å²) in [6.45, 7) is 0.234. The molecular formula is C18H16BrFN2O. The van der Waals surface area contributed by atoms with Crippen LogP contribution in [-0.4, -0.2) is 17.9 Å². The van der Waals surface area contributed by atoms with Crippen LogP contribution in [-0.2, 0) is 17.8 Å². The molecule has 0 aromatic heterocycles. The predicted octanol–water partition coefficient (Wildman–Crippen LogP) is 4.05. The summed E-state index contributed by atoms with van der Waals surface area (Å²) < 4.78 is 14.5. The van der Waals surface area contributed by atoms with Gasteiger partial charge in [-0.15, -0.1) is 0 Å². The van der Waals surface area contributed by atoms with E-state index in [4.69, 9.17) is 5.26 Å². The van der Waals surface area contributed by atoms with Crippen LogP contribution in [0.15, 0.2) is 46.9 Å². The lowest BCUT2D eigenvalue weighted by Crippen LogP contribution is -2.26. The Kier molecular flexibility index (Phi) is 5.89. The van der Waals surface area contributed by atoms with Gasteiger partial charge in [-0.2, -0.15) is 5.26 Å². The molecule has 0 saturated carbocycles. The van der Waals surface area contributed by atoms with Crippen LogP contribution in [0.3, 0.4) is 0 Å². The Morgan fingerprint density at radius 2 is 1.96 bits per heavy atom. The molecule has 0 aliphatic carbocycles. The summed E-state index contributed by atoms with van der Waals surface area (Å²) in [5, 5.41) is 8.76. The highest BCUT2D eigenvalue weighted by atomic mass is 79.9. The van der Waals surface area contributed by atoms with Gasteiger partial charge in [-0.05, 0) is 42.3 Å². The van der Waals surface area contributed by atoms with E-state index >= 15 is 0 Å². The minimum atomic E-state index is -0.319. The third-order valence-electron chi connectivity index (χ3n) is 3.55. The second kappa shape index (κ2) is 7.89. The number of aryl methyl sites for hydroxylation is 1. The lowest BCUT2D eigenvalue weighted by atomic mass is 10.1. The Balaban J connectivity index is 1.92. The molecule has 2 aromatic rings. The Morgan fingerprint density at radius 3 is 2.61 bits per heavy atom. The third kappa shape index (κ3) is 4.90. The largest absolute Gasteiger partial charge is 0.341 e. The molecule has 0 radical (unpaired) electrons. The molecule has 0 aliphatic rings. The van der Waals surface area contributed by atoms with Gasteiger partial charge in [0.25, 0.3) is 0 Å². The molecule has 0 spiro atoms. The van der Waals surface area contributed by atoms with Crippen molar-refractivity contribution in [3.63, 3.8) is 0 Å². The van der Waals surface area contributed by atoms with Crippen LogP contribution >= 0.6 is 15.9 Å². The van der Waals surface area contributed by atoms with Gasteiger partial charge >= 0.3 is 0 Å². The molecular weight excluding hydrogens is 359 g/mol. The number of carbonyl (C=O) groups excluding carboxylic acids is 1. The number of nitriles is 1. The molecule has 2 aromatic carbocycles. The average molecular weight is 375 g/mol. The number of halogens is 2. The summed E-state index contributed by atoms with van der Waals surface area (Å²) in [5.74, 6) is -0.367. The van der Waals surface area contributed by atoms with Gasteiger partial charge < -0.3 is 4.90 Å². The molecule has 0 aliphatic heterocycles. The lowest BCUT2D eigenvalue weighted by molar-refractivity contribution is -0.130. The van der Waals surface area contributed by atoms with E-state index in [-0.39, 0.29) is 18.3 Å². The Morgan fingerprint density at radius 1 is 1.26 bits per heavy atom. The maximum atomic E-state index is 13.7. The minimum Gasteiger partial charge on any atom is -0.341 e. The zero-order chi connectivity index (χ0) is 16.8. The predicted molar refractivity (Wildman–Crippen MR) is 90.1 cm³/mol. The fourth-order valence-corrected chi connectivity index (χ4v) is 2.60. The average Bonchev–Trinajstić information content (AvgIpc) is 2.56. The van der Waals surface area contributed by atoms with Crippen molar-refractivity contribution in [2.24, 2.45) is 0 Å². The monoisotopic (exact) mass is 374 g/mol. The van der Waals surface area contributed by atoms with Crippen LogP contribution in [0.4, 0.5) is 4.39 Å². The van der Waals surface area contributed by atoms with E-state index in [0.29, 0.717) is 24.0 Å². The molecule has 1 amide bonds. The van der Waals surface area contributed by atoms with Crippen LogP contribution in [0.2, 0.25) is 0 Å². The van der Waals surface area contributed by atoms with Crippen molar-refractivity contribution in [3.05, 3.63) is 69.4 Å². The van der Waals surface area contributed by atoms with Gasteiger partial charge in [0, 0.05) is 30.0 Å². The summed E-state index contributed by atoms with van der Waals surface area (Å²) in [6.07, 6.45) is 0.938. The number of nitrogens with zero attached hydrogens (tertiary/aromatic N) is 2. The first kappa shape index (κ1) is 17.2. The van der Waals surface area contributed by atoms with Gasteiger partial charge in [-0.1, -0.05) is 28.1 Å². The van der Waals surface area contributed by atoms with Gasteiger partial charge in [-0.3, -0.25) is 4.79 Å².